The minimum absolute atomic E-state index is 0.00116. The van der Waals surface area contributed by atoms with Gasteiger partial charge < -0.3 is 56.2 Å². The van der Waals surface area contributed by atoms with Crippen LogP contribution in [0.1, 0.15) is 378 Å². The van der Waals surface area contributed by atoms with Crippen LogP contribution in [0.15, 0.2) is 60.7 Å². The molecule has 0 radical (unpaired) electrons. The first-order valence-electron chi connectivity index (χ1n) is 53.3. The summed E-state index contributed by atoms with van der Waals surface area (Å²) in [5, 5.41) is 19.2. The van der Waals surface area contributed by atoms with Gasteiger partial charge in [-0.25, -0.2) is 0 Å². The van der Waals surface area contributed by atoms with Crippen LogP contribution < -0.4 is 37.2 Å². The molecule has 0 saturated heterocycles. The lowest BCUT2D eigenvalue weighted by atomic mass is 10.0. The van der Waals surface area contributed by atoms with E-state index in [1.807, 2.05) is 213 Å². The maximum absolute atomic E-state index is 11.8. The van der Waals surface area contributed by atoms with E-state index in [1.165, 1.54) is 0 Å². The largest absolute Gasteiger partial charge is 0.381 e. The number of rotatable bonds is 66. The highest BCUT2D eigenvalue weighted by atomic mass is 32.2. The molecular weight excluding hydrogens is 1850 g/mol. The van der Waals surface area contributed by atoms with Gasteiger partial charge in [0.2, 0.25) is 35.4 Å². The lowest BCUT2D eigenvalue weighted by molar-refractivity contribution is -0.130. The summed E-state index contributed by atoms with van der Waals surface area (Å²) in [6.45, 7) is 75.3. The van der Waals surface area contributed by atoms with Gasteiger partial charge in [-0.05, 0) is 85.0 Å². The Balaban J connectivity index is -0.000000243. The minimum Gasteiger partial charge on any atom is -0.381 e. The molecule has 0 spiro atoms. The number of hydrogen-bond donors (Lipinski definition) is 7. The van der Waals surface area contributed by atoms with Crippen LogP contribution in [-0.2, 0) is 90.9 Å². The normalized spacial score (nSPS) is 10.7. The monoisotopic (exact) mass is 2050 g/mol. The van der Waals surface area contributed by atoms with Crippen molar-refractivity contribution in [3.05, 3.63) is 71.8 Å². The summed E-state index contributed by atoms with van der Waals surface area (Å²) < 4.78 is 21.4. The van der Waals surface area contributed by atoms with Crippen LogP contribution in [-0.4, -0.2) is 209 Å². The summed E-state index contributed by atoms with van der Waals surface area (Å²) in [4.78, 5) is 193. The summed E-state index contributed by atoms with van der Waals surface area (Å²) in [6, 6.07) is 18.3. The number of thioether (sulfide) groups is 1. The highest BCUT2D eigenvalue weighted by Crippen LogP contribution is 2.13. The molecule has 0 bridgehead atoms. The van der Waals surface area contributed by atoms with Gasteiger partial charge in [-0.15, -0.1) is 0 Å². The molecule has 7 N–H and O–H groups in total. The van der Waals surface area contributed by atoms with E-state index in [-0.39, 0.29) is 167 Å². The van der Waals surface area contributed by atoms with E-state index < -0.39 is 0 Å². The van der Waals surface area contributed by atoms with Gasteiger partial charge in [-0.3, -0.25) is 81.5 Å². The molecule has 0 heterocycles. The Bertz CT molecular complexity index is 3600. The molecule has 2 aromatic carbocycles. The second-order valence-electron chi connectivity index (χ2n) is 42.0. The number of ether oxygens (including phenoxy) is 4. The first-order chi connectivity index (χ1) is 67.2. The fourth-order valence-corrected chi connectivity index (χ4v) is 11.1. The van der Waals surface area contributed by atoms with E-state index in [2.05, 4.69) is 106 Å². The molecule has 0 atom stereocenters. The quantitative estimate of drug-likeness (QED) is 0.0184. The third kappa shape index (κ3) is 117. The van der Waals surface area contributed by atoms with Crippen molar-refractivity contribution in [3.8, 4) is 0 Å². The predicted octanol–water partition coefficient (Wildman–Crippen LogP) is 20.7. The van der Waals surface area contributed by atoms with Gasteiger partial charge in [0.05, 0.1) is 26.2 Å². The lowest BCUT2D eigenvalue weighted by Crippen LogP contribution is -2.30. The fraction of sp³-hybridized carbons (Fsp3) is 0.748. The number of ketones is 10. The molecule has 7 amide bonds. The van der Waals surface area contributed by atoms with Gasteiger partial charge in [-0.1, -0.05) is 284 Å². The second kappa shape index (κ2) is 101. The van der Waals surface area contributed by atoms with Crippen molar-refractivity contribution in [2.45, 2.75) is 357 Å². The van der Waals surface area contributed by atoms with Gasteiger partial charge in [0.25, 0.3) is 5.91 Å². The Kier molecular flexibility index (Phi) is 105. The van der Waals surface area contributed by atoms with Crippen LogP contribution in [0.25, 0.3) is 0 Å². The number of hydrogen-bond acceptors (Lipinski definition) is 22. The maximum atomic E-state index is 11.8. The van der Waals surface area contributed by atoms with E-state index in [1.54, 1.807) is 26.0 Å². The highest BCUT2D eigenvalue weighted by molar-refractivity contribution is 7.99. The molecule has 29 heteroatoms. The maximum Gasteiger partial charge on any atom is 0.251 e. The SMILES string of the molecule is CC(C)C.CC(C)C.CC(C)C(=O)CCCOCCCC(=O)C(C)C.CC(C)C(=O)CCCOCCCC(=O)c1ccccc1.CC(C)C(=O)CCNC(=O)c1ccccc1.CC(C)CC(=O)NCCC(=O)C(C)C.CC(C)CNC(=O)CC(=O)C(C)C.CC(C)CNC(=O)CCOCCC(=O)NCCC(=O)C(C)C.CC(C)COCCNC(=O)CCC(=O)C(C)C.CC(C)CSCCNC(=O)CCC(=O)C(C)C. The van der Waals surface area contributed by atoms with Gasteiger partial charge in [0, 0.05) is 239 Å². The number of benzene rings is 2. The van der Waals surface area contributed by atoms with Crippen molar-refractivity contribution in [2.75, 3.05) is 110 Å². The zero-order valence-electron chi connectivity index (χ0n) is 96.4. The van der Waals surface area contributed by atoms with Crippen LogP contribution in [0.5, 0.6) is 0 Å². The van der Waals surface area contributed by atoms with Gasteiger partial charge in [-0.2, -0.15) is 11.8 Å². The molecule has 0 aromatic heterocycles. The Morgan fingerprint density at radius 3 is 0.875 bits per heavy atom. The molecule has 2 rings (SSSR count). The number of nitrogens with one attached hydrogen (secondary N) is 7. The molecule has 144 heavy (non-hydrogen) atoms. The summed E-state index contributed by atoms with van der Waals surface area (Å²) in [5.74, 6) is 7.96. The van der Waals surface area contributed by atoms with Crippen LogP contribution >= 0.6 is 11.8 Å². The van der Waals surface area contributed by atoms with Crippen molar-refractivity contribution in [3.63, 3.8) is 0 Å². The third-order valence-electron chi connectivity index (χ3n) is 19.3. The van der Waals surface area contributed by atoms with Crippen molar-refractivity contribution in [1.82, 2.24) is 37.2 Å². The van der Waals surface area contributed by atoms with Crippen LogP contribution in [0.3, 0.4) is 0 Å². The number of carbonyl (C=O) groups excluding carboxylic acids is 17. The van der Waals surface area contributed by atoms with E-state index in [0.717, 1.165) is 54.6 Å². The first kappa shape index (κ1) is 151. The highest BCUT2D eigenvalue weighted by Gasteiger charge is 2.18. The standard InChI is InChI=1S/C17H24O3.C16H30N2O4.C14H26O3.C13H25NO3.C13H25NO2S.C13H17NO2.C11H21NO2.C10H19NO2.2C4H10/c1-14(2)16(18)10-6-12-20-13-7-11-17(19)15-8-4-3-5-9-15;1-12(2)11-18-16(21)7-10-22-9-6-15(20)17-8-5-14(19)13(3)4;1-11(2)13(15)7-5-9-17-10-6-8-14(16)12(3)4;2*1-10(2)9-17-8-7-14-13(16)6-5-12(15)11(3)4;1-10(2)12(15)8-9-14-13(16)11-6-4-3-5-7-11;1-8(2)7-11(14)12-6-5-10(13)9(3)4;1-7(2)6-11-10(13)5-9(12)8(3)4;2*1-4(2)3/h3-5,8-9,14H,6-7,10-13H2,1-2H3;12-13H,5-11H2,1-4H3,(H,17,20)(H,18,21);11-12H,5-10H2,1-4H3;2*10-11H,5-9H2,1-4H3,(H,14,16);3-7,10H,8-9H2,1-2H3,(H,14,16);8-9H,5-7H2,1-4H3,(H,12,14);7-8H,5-6H2,1-4H3,(H,11,13);2*4H,1-3H3. The third-order valence-corrected chi connectivity index (χ3v) is 20.7. The Hall–Kier alpha value is -8.38. The average Bonchev–Trinajstić information content (AvgIpc) is 0.917. The van der Waals surface area contributed by atoms with Crippen molar-refractivity contribution >= 4 is 111 Å². The molecule has 834 valence electrons. The first-order valence-corrected chi connectivity index (χ1v) is 54.5. The van der Waals surface area contributed by atoms with Gasteiger partial charge in [0.15, 0.2) is 5.78 Å². The van der Waals surface area contributed by atoms with Crippen molar-refractivity contribution in [2.24, 2.45) is 94.7 Å². The smallest absolute Gasteiger partial charge is 0.251 e. The van der Waals surface area contributed by atoms with Crippen LogP contribution in [0, 0.1) is 94.7 Å². The lowest BCUT2D eigenvalue weighted by Gasteiger charge is -2.08. The van der Waals surface area contributed by atoms with Gasteiger partial charge in [0.1, 0.15) is 52.0 Å². The molecule has 2 aromatic rings. The molecule has 0 saturated carbocycles. The summed E-state index contributed by atoms with van der Waals surface area (Å²) in [5.41, 5.74) is 1.38. The molecule has 0 aliphatic heterocycles. The van der Waals surface area contributed by atoms with E-state index >= 15 is 0 Å². The Morgan fingerprint density at radius 1 is 0.243 bits per heavy atom. The molecule has 0 fully saturated rings. The van der Waals surface area contributed by atoms with Crippen molar-refractivity contribution in [1.29, 1.82) is 0 Å². The molecule has 0 unspecified atom stereocenters. The number of carbonyl (C=O) groups is 17. The van der Waals surface area contributed by atoms with Crippen molar-refractivity contribution < 1.29 is 100 Å². The van der Waals surface area contributed by atoms with E-state index in [0.29, 0.717) is 216 Å². The Morgan fingerprint density at radius 2 is 0.535 bits per heavy atom. The molecular formula is C115H207N7O21S. The zero-order chi connectivity index (χ0) is 112. The zero-order valence-corrected chi connectivity index (χ0v) is 97.3. The molecule has 0 aliphatic carbocycles. The molecule has 0 aliphatic rings. The molecule has 28 nitrogen and oxygen atoms in total. The van der Waals surface area contributed by atoms with E-state index in [4.69, 9.17) is 18.9 Å². The average molecular weight is 2060 g/mol. The fourth-order valence-electron chi connectivity index (χ4n) is 10.2. The van der Waals surface area contributed by atoms with Crippen LogP contribution in [0.2, 0.25) is 0 Å². The second-order valence-corrected chi connectivity index (χ2v) is 43.1. The minimum atomic E-state index is -0.160. The van der Waals surface area contributed by atoms with E-state index in [9.17, 15) is 81.5 Å². The number of Topliss-reactive ketones (excluding diaryl/α,β-unsaturated/α-hetero) is 10. The summed E-state index contributed by atoms with van der Waals surface area (Å²) in [7, 11) is 0. The predicted molar refractivity (Wildman–Crippen MR) is 590 cm³/mol. The summed E-state index contributed by atoms with van der Waals surface area (Å²) in [6.07, 6.45) is 8.96. The number of amides is 7. The topological polar surface area (TPSA) is 411 Å². The summed E-state index contributed by atoms with van der Waals surface area (Å²) >= 11 is 1.85. The van der Waals surface area contributed by atoms with Crippen LogP contribution in [0.4, 0.5) is 0 Å². The Labute approximate surface area is 877 Å². The van der Waals surface area contributed by atoms with Gasteiger partial charge >= 0.3 is 0 Å².